The summed E-state index contributed by atoms with van der Waals surface area (Å²) in [7, 11) is 3.52. The summed E-state index contributed by atoms with van der Waals surface area (Å²) >= 11 is 7.34. The maximum Gasteiger partial charge on any atom is 0.244 e. The third-order valence-corrected chi connectivity index (χ3v) is 5.42. The fourth-order valence-corrected chi connectivity index (χ4v) is 3.48. The van der Waals surface area contributed by atoms with Gasteiger partial charge in [0.2, 0.25) is 11.8 Å². The van der Waals surface area contributed by atoms with Gasteiger partial charge in [0, 0.05) is 20.0 Å². The van der Waals surface area contributed by atoms with Crippen LogP contribution in [-0.2, 0) is 16.6 Å². The Labute approximate surface area is 161 Å². The normalized spacial score (nSPS) is 13.5. The average molecular weight is 394 g/mol. The van der Waals surface area contributed by atoms with Gasteiger partial charge in [-0.15, -0.1) is 10.2 Å². The molecule has 2 aromatic rings. The smallest absolute Gasteiger partial charge is 0.244 e. The number of amides is 2. The molecule has 1 aliphatic rings. The van der Waals surface area contributed by atoms with Gasteiger partial charge < -0.3 is 14.8 Å². The number of rotatable bonds is 7. The number of carbonyl (C=O) groups excluding carboxylic acids is 2. The van der Waals surface area contributed by atoms with Crippen molar-refractivity contribution in [3.05, 3.63) is 35.1 Å². The first-order valence-electron chi connectivity index (χ1n) is 8.26. The van der Waals surface area contributed by atoms with Crippen LogP contribution >= 0.6 is 23.4 Å². The Morgan fingerprint density at radius 2 is 2.08 bits per heavy atom. The Morgan fingerprint density at radius 1 is 1.35 bits per heavy atom. The van der Waals surface area contributed by atoms with E-state index >= 15 is 0 Å². The van der Waals surface area contributed by atoms with Crippen LogP contribution < -0.4 is 5.32 Å². The lowest BCUT2D eigenvalue weighted by Crippen LogP contribution is -2.36. The summed E-state index contributed by atoms with van der Waals surface area (Å²) in [5.41, 5.74) is 0.529. The number of aromatic nitrogens is 3. The molecule has 7 nitrogen and oxygen atoms in total. The molecule has 2 amide bonds. The highest BCUT2D eigenvalue weighted by Gasteiger charge is 2.29. The van der Waals surface area contributed by atoms with E-state index in [4.69, 9.17) is 11.6 Å². The van der Waals surface area contributed by atoms with Crippen LogP contribution in [0.5, 0.6) is 0 Å². The van der Waals surface area contributed by atoms with Crippen LogP contribution in [0.3, 0.4) is 0 Å². The molecular weight excluding hydrogens is 374 g/mol. The molecule has 0 atom stereocenters. The second-order valence-electron chi connectivity index (χ2n) is 6.24. The first-order valence-corrected chi connectivity index (χ1v) is 9.62. The van der Waals surface area contributed by atoms with Crippen LogP contribution in [0.25, 0.3) is 0 Å². The van der Waals surface area contributed by atoms with Crippen molar-refractivity contribution in [2.24, 2.45) is 7.05 Å². The number of likely N-dealkylation sites (N-methyl/N-ethyl adjacent to an activating group) is 1. The standard InChI is InChI=1S/C17H20ClN5O2S/c1-22(9-14(24)19-13-6-4-3-5-12(13)18)15(25)10-26-17-21-20-16(23(17)2)11-7-8-11/h3-6,11H,7-10H2,1-2H3,(H,19,24). The molecule has 9 heteroatoms. The fraction of sp³-hybridized carbons (Fsp3) is 0.412. The van der Waals surface area contributed by atoms with Crippen molar-refractivity contribution in [3.63, 3.8) is 0 Å². The van der Waals surface area contributed by atoms with E-state index in [0.717, 1.165) is 18.7 Å². The van der Waals surface area contributed by atoms with Gasteiger partial charge in [-0.25, -0.2) is 0 Å². The van der Waals surface area contributed by atoms with Gasteiger partial charge in [-0.1, -0.05) is 35.5 Å². The predicted molar refractivity (Wildman–Crippen MR) is 101 cm³/mol. The number of nitrogens with one attached hydrogen (secondary N) is 1. The van der Waals surface area contributed by atoms with Gasteiger partial charge in [-0.2, -0.15) is 0 Å². The van der Waals surface area contributed by atoms with Gasteiger partial charge in [0.25, 0.3) is 0 Å². The molecule has 1 fully saturated rings. The Kier molecular flexibility index (Phi) is 5.83. The summed E-state index contributed by atoms with van der Waals surface area (Å²) in [4.78, 5) is 25.8. The van der Waals surface area contributed by atoms with Gasteiger partial charge >= 0.3 is 0 Å². The lowest BCUT2D eigenvalue weighted by Gasteiger charge is -2.16. The highest BCUT2D eigenvalue weighted by atomic mass is 35.5. The summed E-state index contributed by atoms with van der Waals surface area (Å²) in [5.74, 6) is 1.24. The molecule has 0 unspecified atom stereocenters. The number of anilines is 1. The predicted octanol–water partition coefficient (Wildman–Crippen LogP) is 2.54. The number of nitrogens with zero attached hydrogens (tertiary/aromatic N) is 4. The van der Waals surface area contributed by atoms with Gasteiger partial charge in [0.1, 0.15) is 5.82 Å². The molecule has 1 heterocycles. The van der Waals surface area contributed by atoms with Gasteiger partial charge in [0.05, 0.1) is 23.0 Å². The van der Waals surface area contributed by atoms with Crippen molar-refractivity contribution in [3.8, 4) is 0 Å². The highest BCUT2D eigenvalue weighted by Crippen LogP contribution is 2.39. The van der Waals surface area contributed by atoms with E-state index in [0.29, 0.717) is 21.8 Å². The van der Waals surface area contributed by atoms with Crippen LogP contribution in [0.1, 0.15) is 24.6 Å². The topological polar surface area (TPSA) is 80.1 Å². The molecule has 1 aromatic heterocycles. The molecular formula is C17H20ClN5O2S. The third-order valence-electron chi connectivity index (χ3n) is 4.09. The van der Waals surface area contributed by atoms with Crippen LogP contribution in [0.2, 0.25) is 5.02 Å². The van der Waals surface area contributed by atoms with Gasteiger partial charge in [-0.3, -0.25) is 9.59 Å². The van der Waals surface area contributed by atoms with Crippen LogP contribution in [0.15, 0.2) is 29.4 Å². The number of hydrogen-bond donors (Lipinski definition) is 1. The van der Waals surface area contributed by atoms with Gasteiger partial charge in [-0.05, 0) is 25.0 Å². The Balaban J connectivity index is 1.48. The van der Waals surface area contributed by atoms with Crippen LogP contribution in [0.4, 0.5) is 5.69 Å². The number of para-hydroxylation sites is 1. The minimum atomic E-state index is -0.298. The average Bonchev–Trinajstić information content (AvgIpc) is 3.38. The number of hydrogen-bond acceptors (Lipinski definition) is 5. The number of benzene rings is 1. The molecule has 3 rings (SSSR count). The van der Waals surface area contributed by atoms with E-state index in [9.17, 15) is 9.59 Å². The highest BCUT2D eigenvalue weighted by molar-refractivity contribution is 7.99. The van der Waals surface area contributed by atoms with Gasteiger partial charge in [0.15, 0.2) is 5.16 Å². The van der Waals surface area contributed by atoms with E-state index < -0.39 is 0 Å². The zero-order valence-corrected chi connectivity index (χ0v) is 16.2. The Bertz CT molecular complexity index is 821. The molecule has 0 bridgehead atoms. The van der Waals surface area contributed by atoms with Crippen molar-refractivity contribution >= 4 is 40.9 Å². The molecule has 0 saturated heterocycles. The molecule has 1 aliphatic carbocycles. The number of halogens is 1. The second-order valence-corrected chi connectivity index (χ2v) is 7.59. The molecule has 26 heavy (non-hydrogen) atoms. The van der Waals surface area contributed by atoms with E-state index in [2.05, 4.69) is 15.5 Å². The van der Waals surface area contributed by atoms with Crippen molar-refractivity contribution < 1.29 is 9.59 Å². The van der Waals surface area contributed by atoms with Crippen molar-refractivity contribution in [2.45, 2.75) is 23.9 Å². The third kappa shape index (κ3) is 4.56. The molecule has 1 aromatic carbocycles. The molecule has 0 radical (unpaired) electrons. The monoisotopic (exact) mass is 393 g/mol. The summed E-state index contributed by atoms with van der Waals surface area (Å²) in [6.45, 7) is -0.0449. The van der Waals surface area contributed by atoms with Crippen molar-refractivity contribution in [1.82, 2.24) is 19.7 Å². The SMILES string of the molecule is CN(CC(=O)Nc1ccccc1Cl)C(=O)CSc1nnc(C2CC2)n1C. The minimum Gasteiger partial charge on any atom is -0.336 e. The summed E-state index contributed by atoms with van der Waals surface area (Å²) in [6, 6.07) is 6.97. The molecule has 138 valence electrons. The molecule has 1 saturated carbocycles. The van der Waals surface area contributed by atoms with Crippen LogP contribution in [0, 0.1) is 0 Å². The largest absolute Gasteiger partial charge is 0.336 e. The van der Waals surface area contributed by atoms with Crippen LogP contribution in [-0.4, -0.2) is 50.8 Å². The molecule has 0 aliphatic heterocycles. The maximum absolute atomic E-state index is 12.3. The first-order chi connectivity index (χ1) is 12.5. The summed E-state index contributed by atoms with van der Waals surface area (Å²) < 4.78 is 1.94. The first kappa shape index (κ1) is 18.7. The van der Waals surface area contributed by atoms with E-state index in [-0.39, 0.29) is 24.1 Å². The number of thioether (sulfide) groups is 1. The minimum absolute atomic E-state index is 0.0449. The Hall–Kier alpha value is -2.06. The summed E-state index contributed by atoms with van der Waals surface area (Å²) in [5, 5.41) is 12.2. The quantitative estimate of drug-likeness (QED) is 0.731. The molecule has 1 N–H and O–H groups in total. The summed E-state index contributed by atoms with van der Waals surface area (Å²) in [6.07, 6.45) is 2.30. The van der Waals surface area contributed by atoms with Crippen molar-refractivity contribution in [1.29, 1.82) is 0 Å². The number of carbonyl (C=O) groups is 2. The fourth-order valence-electron chi connectivity index (χ4n) is 2.44. The van der Waals surface area contributed by atoms with Crippen molar-refractivity contribution in [2.75, 3.05) is 24.7 Å². The zero-order valence-electron chi connectivity index (χ0n) is 14.6. The Morgan fingerprint density at radius 3 is 2.77 bits per heavy atom. The van der Waals surface area contributed by atoms with E-state index in [1.807, 2.05) is 11.6 Å². The maximum atomic E-state index is 12.3. The second kappa shape index (κ2) is 8.09. The zero-order chi connectivity index (χ0) is 18.7. The van der Waals surface area contributed by atoms with E-state index in [1.165, 1.54) is 16.7 Å². The lowest BCUT2D eigenvalue weighted by atomic mass is 10.3. The molecule has 0 spiro atoms. The lowest BCUT2D eigenvalue weighted by molar-refractivity contribution is -0.131. The van der Waals surface area contributed by atoms with E-state index in [1.54, 1.807) is 31.3 Å².